The van der Waals surface area contributed by atoms with Crippen LogP contribution in [0.15, 0.2) is 57.7 Å². The van der Waals surface area contributed by atoms with Gasteiger partial charge in [-0.15, -0.1) is 0 Å². The fourth-order valence-corrected chi connectivity index (χ4v) is 2.24. The van der Waals surface area contributed by atoms with Gasteiger partial charge in [0.1, 0.15) is 6.61 Å². The van der Waals surface area contributed by atoms with E-state index in [9.17, 15) is 9.59 Å². The first-order valence-corrected chi connectivity index (χ1v) is 7.16. The Balaban J connectivity index is 1.57. The molecule has 0 saturated heterocycles. The summed E-state index contributed by atoms with van der Waals surface area (Å²) in [6.07, 6.45) is -0.497. The van der Waals surface area contributed by atoms with Crippen LogP contribution < -0.4 is 11.1 Å². The Morgan fingerprint density at radius 1 is 1.17 bits per heavy atom. The lowest BCUT2D eigenvalue weighted by molar-refractivity contribution is 0.139. The van der Waals surface area contributed by atoms with Crippen LogP contribution in [0, 0.1) is 0 Å². The Morgan fingerprint density at radius 2 is 1.96 bits per heavy atom. The summed E-state index contributed by atoms with van der Waals surface area (Å²) >= 11 is 0. The third-order valence-electron chi connectivity index (χ3n) is 3.51. The molecule has 0 atom stereocenters. The molecule has 0 bridgehead atoms. The molecule has 23 heavy (non-hydrogen) atoms. The molecule has 0 aliphatic carbocycles. The molecule has 0 spiro atoms. The number of amides is 1. The van der Waals surface area contributed by atoms with E-state index in [2.05, 4.69) is 5.32 Å². The maximum atomic E-state index is 11.7. The molecular formula is C17H16N2O4. The van der Waals surface area contributed by atoms with Crippen LogP contribution in [0.3, 0.4) is 0 Å². The molecule has 0 saturated carbocycles. The quantitative estimate of drug-likeness (QED) is 0.803. The van der Waals surface area contributed by atoms with E-state index in [0.717, 1.165) is 11.1 Å². The zero-order valence-corrected chi connectivity index (χ0v) is 12.6. The number of aromatic nitrogens is 1. The van der Waals surface area contributed by atoms with Crippen molar-refractivity contribution < 1.29 is 13.9 Å². The molecule has 1 N–H and O–H groups in total. The number of ether oxygens (including phenoxy) is 1. The first-order valence-electron chi connectivity index (χ1n) is 7.16. The summed E-state index contributed by atoms with van der Waals surface area (Å²) in [5.74, 6) is -0.410. The molecule has 1 amide bonds. The van der Waals surface area contributed by atoms with Crippen molar-refractivity contribution in [3.8, 4) is 0 Å². The fraction of sp³-hybridized carbons (Fsp3) is 0.176. The molecule has 0 unspecified atom stereocenters. The second-order valence-corrected chi connectivity index (χ2v) is 5.14. The van der Waals surface area contributed by atoms with Crippen LogP contribution in [0.4, 0.5) is 4.79 Å². The van der Waals surface area contributed by atoms with Gasteiger partial charge in [-0.2, -0.15) is 0 Å². The Morgan fingerprint density at radius 3 is 2.74 bits per heavy atom. The van der Waals surface area contributed by atoms with Crippen molar-refractivity contribution in [2.24, 2.45) is 7.05 Å². The second kappa shape index (κ2) is 6.39. The van der Waals surface area contributed by atoms with Crippen molar-refractivity contribution in [2.75, 3.05) is 0 Å². The molecule has 0 fully saturated rings. The summed E-state index contributed by atoms with van der Waals surface area (Å²) in [7, 11) is 1.65. The molecule has 0 radical (unpaired) electrons. The average molecular weight is 312 g/mol. The van der Waals surface area contributed by atoms with Gasteiger partial charge in [-0.3, -0.25) is 4.57 Å². The van der Waals surface area contributed by atoms with Crippen LogP contribution in [-0.4, -0.2) is 10.7 Å². The van der Waals surface area contributed by atoms with Crippen LogP contribution in [-0.2, 0) is 24.9 Å². The maximum absolute atomic E-state index is 11.7. The van der Waals surface area contributed by atoms with E-state index >= 15 is 0 Å². The first-order chi connectivity index (χ1) is 11.1. The number of alkyl carbamates (subject to hydrolysis) is 1. The zero-order chi connectivity index (χ0) is 16.2. The van der Waals surface area contributed by atoms with E-state index in [-0.39, 0.29) is 6.61 Å². The fourth-order valence-electron chi connectivity index (χ4n) is 2.24. The molecule has 6 nitrogen and oxygen atoms in total. The summed E-state index contributed by atoms with van der Waals surface area (Å²) in [6.45, 7) is 0.515. The summed E-state index contributed by atoms with van der Waals surface area (Å²) in [6, 6.07) is 14.8. The van der Waals surface area contributed by atoms with Gasteiger partial charge in [0, 0.05) is 13.6 Å². The van der Waals surface area contributed by atoms with Gasteiger partial charge in [0.15, 0.2) is 5.58 Å². The number of carbonyl (C=O) groups is 1. The van der Waals surface area contributed by atoms with Crippen molar-refractivity contribution in [1.82, 2.24) is 9.88 Å². The molecule has 0 aliphatic rings. The van der Waals surface area contributed by atoms with Crippen molar-refractivity contribution in [3.05, 3.63) is 70.2 Å². The van der Waals surface area contributed by atoms with Crippen molar-refractivity contribution in [1.29, 1.82) is 0 Å². The Labute approximate surface area is 132 Å². The normalized spacial score (nSPS) is 10.7. The first kappa shape index (κ1) is 14.9. The molecule has 1 heterocycles. The molecule has 1 aromatic heterocycles. The predicted octanol–water partition coefficient (Wildman–Crippen LogP) is 2.56. The number of benzene rings is 2. The lowest BCUT2D eigenvalue weighted by Gasteiger charge is -2.07. The van der Waals surface area contributed by atoms with Crippen LogP contribution in [0.1, 0.15) is 11.1 Å². The minimum Gasteiger partial charge on any atom is -0.445 e. The van der Waals surface area contributed by atoms with Gasteiger partial charge < -0.3 is 14.5 Å². The second-order valence-electron chi connectivity index (χ2n) is 5.14. The van der Waals surface area contributed by atoms with Gasteiger partial charge in [-0.25, -0.2) is 9.59 Å². The third-order valence-corrected chi connectivity index (χ3v) is 3.51. The number of nitrogens with zero attached hydrogens (tertiary/aromatic N) is 1. The van der Waals surface area contributed by atoms with Gasteiger partial charge in [-0.05, 0) is 23.3 Å². The van der Waals surface area contributed by atoms with Crippen molar-refractivity contribution >= 4 is 17.2 Å². The number of rotatable bonds is 4. The van der Waals surface area contributed by atoms with Crippen LogP contribution >= 0.6 is 0 Å². The monoisotopic (exact) mass is 312 g/mol. The van der Waals surface area contributed by atoms with Gasteiger partial charge in [0.05, 0.1) is 5.52 Å². The molecule has 3 aromatic rings. The topological polar surface area (TPSA) is 73.5 Å². The lowest BCUT2D eigenvalue weighted by Crippen LogP contribution is -2.23. The van der Waals surface area contributed by atoms with Crippen LogP contribution in [0.25, 0.3) is 11.1 Å². The summed E-state index contributed by atoms with van der Waals surface area (Å²) in [5.41, 5.74) is 2.96. The number of carbonyl (C=O) groups excluding carboxylic acids is 1. The van der Waals surface area contributed by atoms with E-state index in [0.29, 0.717) is 17.6 Å². The minimum atomic E-state index is -0.497. The van der Waals surface area contributed by atoms with Crippen molar-refractivity contribution in [2.45, 2.75) is 13.2 Å². The minimum absolute atomic E-state index is 0.221. The van der Waals surface area contributed by atoms with Gasteiger partial charge in [0.2, 0.25) is 0 Å². The van der Waals surface area contributed by atoms with E-state index in [4.69, 9.17) is 9.15 Å². The highest BCUT2D eigenvalue weighted by atomic mass is 16.5. The highest BCUT2D eigenvalue weighted by molar-refractivity contribution is 5.74. The molecule has 3 rings (SSSR count). The Bertz CT molecular complexity index is 880. The van der Waals surface area contributed by atoms with Crippen LogP contribution in [0.2, 0.25) is 0 Å². The number of nitrogens with one attached hydrogen (secondary N) is 1. The largest absolute Gasteiger partial charge is 0.445 e. The number of fused-ring (bicyclic) bond motifs is 1. The molecule has 2 aromatic carbocycles. The number of oxazole rings is 1. The highest BCUT2D eigenvalue weighted by Gasteiger charge is 2.07. The molecule has 118 valence electrons. The van der Waals surface area contributed by atoms with Gasteiger partial charge >= 0.3 is 11.8 Å². The van der Waals surface area contributed by atoms with Gasteiger partial charge in [-0.1, -0.05) is 36.4 Å². The highest BCUT2D eigenvalue weighted by Crippen LogP contribution is 2.14. The lowest BCUT2D eigenvalue weighted by atomic mass is 10.2. The summed E-state index contributed by atoms with van der Waals surface area (Å²) < 4.78 is 11.7. The summed E-state index contributed by atoms with van der Waals surface area (Å²) in [4.78, 5) is 23.1. The maximum Gasteiger partial charge on any atom is 0.419 e. The third kappa shape index (κ3) is 3.42. The smallest absolute Gasteiger partial charge is 0.419 e. The average Bonchev–Trinajstić information content (AvgIpc) is 2.86. The Hall–Kier alpha value is -3.02. The number of hydrogen-bond acceptors (Lipinski definition) is 4. The van der Waals surface area contributed by atoms with E-state index in [1.807, 2.05) is 36.4 Å². The van der Waals surface area contributed by atoms with E-state index in [1.54, 1.807) is 19.2 Å². The number of aryl methyl sites for hydroxylation is 1. The molecular weight excluding hydrogens is 296 g/mol. The Kier molecular flexibility index (Phi) is 4.14. The predicted molar refractivity (Wildman–Crippen MR) is 84.9 cm³/mol. The molecule has 0 aliphatic heterocycles. The zero-order valence-electron chi connectivity index (χ0n) is 12.6. The van der Waals surface area contributed by atoms with E-state index < -0.39 is 11.8 Å². The molecule has 6 heteroatoms. The van der Waals surface area contributed by atoms with E-state index in [1.165, 1.54) is 4.57 Å². The van der Waals surface area contributed by atoms with Crippen LogP contribution in [0.5, 0.6) is 0 Å². The summed E-state index contributed by atoms with van der Waals surface area (Å²) in [5, 5.41) is 2.67. The SMILES string of the molecule is Cn1c(=O)oc2cc(CNC(=O)OCc3ccccc3)ccc21. The van der Waals surface area contributed by atoms with Gasteiger partial charge in [0.25, 0.3) is 0 Å². The standard InChI is InChI=1S/C17H16N2O4/c1-19-14-8-7-13(9-15(14)23-17(19)21)10-18-16(20)22-11-12-5-3-2-4-6-12/h2-9H,10-11H2,1H3,(H,18,20). The number of hydrogen-bond donors (Lipinski definition) is 1. The van der Waals surface area contributed by atoms with Crippen molar-refractivity contribution in [3.63, 3.8) is 0 Å².